The number of nitrogens with one attached hydrogen (secondary N) is 1. The number of ether oxygens (including phenoxy) is 1. The Hall–Kier alpha value is -3.07. The van der Waals surface area contributed by atoms with Gasteiger partial charge in [-0.15, -0.1) is 0 Å². The quantitative estimate of drug-likeness (QED) is 0.269. The van der Waals surface area contributed by atoms with Gasteiger partial charge in [0.2, 0.25) is 8.32 Å². The summed E-state index contributed by atoms with van der Waals surface area (Å²) in [5.41, 5.74) is 3.46. The van der Waals surface area contributed by atoms with E-state index in [0.29, 0.717) is 5.69 Å². The molecule has 1 saturated heterocycles. The first-order chi connectivity index (χ1) is 20.6. The van der Waals surface area contributed by atoms with Crippen LogP contribution in [0.15, 0.2) is 60.7 Å². The van der Waals surface area contributed by atoms with E-state index in [0.717, 1.165) is 58.8 Å². The summed E-state index contributed by atoms with van der Waals surface area (Å²) in [5.74, 6) is 0.787. The molecule has 0 saturated carbocycles. The Morgan fingerprint density at radius 3 is 2.14 bits per heavy atom. The topological polar surface area (TPSA) is 66.0 Å². The minimum atomic E-state index is -2.33. The van der Waals surface area contributed by atoms with E-state index in [9.17, 15) is 4.79 Å². The number of fused-ring (bicyclic) bond motifs is 1. The maximum absolute atomic E-state index is 13.5. The third-order valence-corrected chi connectivity index (χ3v) is 14.2. The van der Waals surface area contributed by atoms with Gasteiger partial charge in [0, 0.05) is 21.8 Å². The van der Waals surface area contributed by atoms with Crippen molar-refractivity contribution >= 4 is 49.0 Å². The SMILES string of the molecule is CC1(C)OB(c2c(C3=CCCCC3)c(NC(=O)OCc3ccccc3)c3ccccc3c2O[Si](C)(C)C(C)(C)C)OC1(C)C. The zero-order valence-electron chi connectivity index (χ0n) is 27.9. The van der Waals surface area contributed by atoms with Crippen LogP contribution in [0.5, 0.6) is 5.75 Å². The van der Waals surface area contributed by atoms with Crippen LogP contribution in [0.1, 0.15) is 85.3 Å². The minimum absolute atomic E-state index is 0.0380. The first kappa shape index (κ1) is 32.3. The van der Waals surface area contributed by atoms with Crippen molar-refractivity contribution in [2.75, 3.05) is 5.32 Å². The number of rotatable bonds is 7. The fourth-order valence-corrected chi connectivity index (χ4v) is 6.56. The van der Waals surface area contributed by atoms with Crippen molar-refractivity contribution < 1.29 is 23.3 Å². The van der Waals surface area contributed by atoms with E-state index in [1.165, 1.54) is 5.57 Å². The molecule has 1 aliphatic carbocycles. The summed E-state index contributed by atoms with van der Waals surface area (Å²) >= 11 is 0. The monoisotopic (exact) mass is 613 g/mol. The number of amides is 1. The van der Waals surface area contributed by atoms with Crippen LogP contribution in [0.3, 0.4) is 0 Å². The Labute approximate surface area is 264 Å². The van der Waals surface area contributed by atoms with Gasteiger partial charge in [-0.3, -0.25) is 5.32 Å². The third-order valence-electron chi connectivity index (χ3n) is 9.91. The van der Waals surface area contributed by atoms with Crippen LogP contribution in [0, 0.1) is 0 Å². The average Bonchev–Trinajstić information content (AvgIpc) is 3.19. The van der Waals surface area contributed by atoms with Crippen LogP contribution in [-0.2, 0) is 20.7 Å². The molecule has 3 aromatic carbocycles. The smallest absolute Gasteiger partial charge is 0.499 e. The molecule has 1 amide bonds. The molecule has 0 aromatic heterocycles. The largest absolute Gasteiger partial charge is 0.543 e. The molecule has 8 heteroatoms. The van der Waals surface area contributed by atoms with Gasteiger partial charge in [-0.2, -0.15) is 0 Å². The molecule has 1 aliphatic heterocycles. The van der Waals surface area contributed by atoms with Gasteiger partial charge in [0.1, 0.15) is 12.4 Å². The third kappa shape index (κ3) is 6.35. The van der Waals surface area contributed by atoms with Crippen molar-refractivity contribution in [1.82, 2.24) is 0 Å². The van der Waals surface area contributed by atoms with Crippen LogP contribution in [0.2, 0.25) is 18.1 Å². The van der Waals surface area contributed by atoms with Crippen molar-refractivity contribution in [3.63, 3.8) is 0 Å². The molecular weight excluding hydrogens is 565 g/mol. The molecule has 3 aromatic rings. The fraction of sp³-hybridized carbons (Fsp3) is 0.472. The van der Waals surface area contributed by atoms with Gasteiger partial charge in [0.25, 0.3) is 0 Å². The van der Waals surface area contributed by atoms with Crippen LogP contribution in [0.25, 0.3) is 16.3 Å². The maximum Gasteiger partial charge on any atom is 0.499 e. The highest BCUT2D eigenvalue weighted by Gasteiger charge is 2.54. The number of benzene rings is 3. The second-order valence-electron chi connectivity index (χ2n) is 14.7. The predicted octanol–water partition coefficient (Wildman–Crippen LogP) is 9.23. The molecule has 0 atom stereocenters. The zero-order valence-corrected chi connectivity index (χ0v) is 28.9. The standard InChI is InChI=1S/C36H48BNO5Si/c1-34(2,3)44(8,9)41-32-28-23-17-16-22-27(28)31(38-33(39)40-24-25-18-12-10-13-19-25)29(26-20-14-11-15-21-26)30(32)37-42-35(4,5)36(6,7)43-37/h10,12-13,16-20,22-23H,11,14-15,21,24H2,1-9H3,(H,38,39). The highest BCUT2D eigenvalue weighted by molar-refractivity contribution is 6.75. The first-order valence-corrected chi connectivity index (χ1v) is 18.8. The van der Waals surface area contributed by atoms with Gasteiger partial charge in [-0.25, -0.2) is 4.79 Å². The van der Waals surface area contributed by atoms with E-state index in [-0.39, 0.29) is 11.6 Å². The summed E-state index contributed by atoms with van der Waals surface area (Å²) in [6, 6.07) is 17.9. The van der Waals surface area contributed by atoms with Gasteiger partial charge in [0.05, 0.1) is 16.9 Å². The summed E-state index contributed by atoms with van der Waals surface area (Å²) in [4.78, 5) is 13.5. The number of hydrogen-bond acceptors (Lipinski definition) is 5. The lowest BCUT2D eigenvalue weighted by atomic mass is 9.70. The molecule has 0 radical (unpaired) electrons. The second-order valence-corrected chi connectivity index (χ2v) is 19.4. The van der Waals surface area contributed by atoms with E-state index < -0.39 is 32.7 Å². The maximum atomic E-state index is 13.5. The van der Waals surface area contributed by atoms with Gasteiger partial charge in [0.15, 0.2) is 0 Å². The van der Waals surface area contributed by atoms with Gasteiger partial charge < -0.3 is 18.5 Å². The Bertz CT molecular complexity index is 1540. The Balaban J connectivity index is 1.75. The molecule has 1 N–H and O–H groups in total. The lowest BCUT2D eigenvalue weighted by Crippen LogP contribution is -2.47. The predicted molar refractivity (Wildman–Crippen MR) is 184 cm³/mol. The lowest BCUT2D eigenvalue weighted by Gasteiger charge is -2.38. The number of carbonyl (C=O) groups is 1. The molecule has 1 fully saturated rings. The van der Waals surface area contributed by atoms with Crippen LogP contribution in [0.4, 0.5) is 10.5 Å². The summed E-state index contributed by atoms with van der Waals surface area (Å²) in [5, 5.41) is 4.97. The van der Waals surface area contributed by atoms with Crippen LogP contribution >= 0.6 is 0 Å². The van der Waals surface area contributed by atoms with Crippen molar-refractivity contribution in [2.24, 2.45) is 0 Å². The summed E-state index contributed by atoms with van der Waals surface area (Å²) in [6.07, 6.45) is 5.86. The van der Waals surface area contributed by atoms with E-state index in [4.69, 9.17) is 18.5 Å². The number of anilines is 1. The molecule has 234 valence electrons. The van der Waals surface area contributed by atoms with E-state index in [2.05, 4.69) is 85.1 Å². The minimum Gasteiger partial charge on any atom is -0.543 e. The Kier molecular flexibility index (Phi) is 8.84. The molecule has 0 unspecified atom stereocenters. The molecule has 2 aliphatic rings. The van der Waals surface area contributed by atoms with E-state index in [1.807, 2.05) is 42.5 Å². The summed E-state index contributed by atoms with van der Waals surface area (Å²) in [7, 11) is -3.02. The highest BCUT2D eigenvalue weighted by atomic mass is 28.4. The van der Waals surface area contributed by atoms with E-state index in [1.54, 1.807) is 0 Å². The van der Waals surface area contributed by atoms with Crippen LogP contribution < -0.4 is 15.2 Å². The van der Waals surface area contributed by atoms with Gasteiger partial charge in [-0.1, -0.05) is 81.4 Å². The molecule has 1 heterocycles. The lowest BCUT2D eigenvalue weighted by molar-refractivity contribution is 0.00578. The first-order valence-electron chi connectivity index (χ1n) is 15.9. The molecule has 0 bridgehead atoms. The zero-order chi connectivity index (χ0) is 31.9. The summed E-state index contributed by atoms with van der Waals surface area (Å²) < 4.78 is 26.6. The Morgan fingerprint density at radius 2 is 1.55 bits per heavy atom. The Morgan fingerprint density at radius 1 is 0.932 bits per heavy atom. The normalized spacial score (nSPS) is 18.2. The number of carbonyl (C=O) groups excluding carboxylic acids is 1. The van der Waals surface area contributed by atoms with Crippen molar-refractivity contribution in [3.05, 3.63) is 71.8 Å². The summed E-state index contributed by atoms with van der Waals surface area (Å²) in [6.45, 7) is 19.7. The van der Waals surface area contributed by atoms with Gasteiger partial charge in [-0.05, 0) is 82.6 Å². The second kappa shape index (κ2) is 12.0. The molecule has 5 rings (SSSR count). The fourth-order valence-electron chi connectivity index (χ4n) is 5.52. The van der Waals surface area contributed by atoms with Crippen LogP contribution in [-0.4, -0.2) is 32.7 Å². The molecule has 6 nitrogen and oxygen atoms in total. The van der Waals surface area contributed by atoms with E-state index >= 15 is 0 Å². The van der Waals surface area contributed by atoms with Gasteiger partial charge >= 0.3 is 13.2 Å². The van der Waals surface area contributed by atoms with Crippen molar-refractivity contribution in [2.45, 2.75) is 110 Å². The number of allylic oxidation sites excluding steroid dienone is 2. The van der Waals surface area contributed by atoms with Crippen molar-refractivity contribution in [3.8, 4) is 5.75 Å². The highest BCUT2D eigenvalue weighted by Crippen LogP contribution is 2.46. The molecular formula is C36H48BNO5Si. The molecule has 44 heavy (non-hydrogen) atoms. The van der Waals surface area contributed by atoms with Crippen molar-refractivity contribution in [1.29, 1.82) is 0 Å². The average molecular weight is 614 g/mol. The number of hydrogen-bond donors (Lipinski definition) is 1. The molecule has 0 spiro atoms.